The third-order valence-electron chi connectivity index (χ3n) is 1.37. The minimum absolute atomic E-state index is 0.0585. The number of hydrogen-bond donors (Lipinski definition) is 0. The molecular weight excluding hydrogens is 174 g/mol. The van der Waals surface area contributed by atoms with Gasteiger partial charge in [0, 0.05) is 0 Å². The van der Waals surface area contributed by atoms with E-state index in [4.69, 9.17) is 5.26 Å². The molecule has 0 heterocycles. The van der Waals surface area contributed by atoms with E-state index in [-0.39, 0.29) is 11.1 Å². The van der Waals surface area contributed by atoms with Crippen molar-refractivity contribution in [1.29, 1.82) is 5.26 Å². The third kappa shape index (κ3) is 2.60. The zero-order valence-electron chi connectivity index (χ0n) is 7.58. The second-order valence-electron chi connectivity index (χ2n) is 2.09. The molecule has 0 aromatic carbocycles. The molecule has 0 aliphatic carbocycles. The molecule has 0 amide bonds. The minimum Gasteiger partial charge on any atom is -0.466 e. The van der Waals surface area contributed by atoms with E-state index in [1.165, 1.54) is 6.92 Å². The maximum atomic E-state index is 10.9. The largest absolute Gasteiger partial charge is 0.466 e. The van der Waals surface area contributed by atoms with E-state index in [9.17, 15) is 9.59 Å². The zero-order chi connectivity index (χ0) is 10.4. The molecular formula is C8H9NO4. The van der Waals surface area contributed by atoms with Gasteiger partial charge >= 0.3 is 11.9 Å². The van der Waals surface area contributed by atoms with E-state index in [0.29, 0.717) is 0 Å². The van der Waals surface area contributed by atoms with Gasteiger partial charge in [0.2, 0.25) is 0 Å². The van der Waals surface area contributed by atoms with Crippen LogP contribution in [0.2, 0.25) is 0 Å². The smallest absolute Gasteiger partial charge is 0.349 e. The summed E-state index contributed by atoms with van der Waals surface area (Å²) in [4.78, 5) is 21.8. The molecule has 0 spiro atoms. The summed E-state index contributed by atoms with van der Waals surface area (Å²) in [5, 5.41) is 8.53. The SMILES string of the molecule is COC(=O)/C(C)=C(/C#N)C(=O)OC. The predicted molar refractivity (Wildman–Crippen MR) is 42.3 cm³/mol. The van der Waals surface area contributed by atoms with Crippen LogP contribution in [0.4, 0.5) is 0 Å². The van der Waals surface area contributed by atoms with Crippen LogP contribution in [0.3, 0.4) is 0 Å². The molecule has 0 bridgehead atoms. The molecule has 0 atom stereocenters. The Morgan fingerprint density at radius 3 is 1.92 bits per heavy atom. The fourth-order valence-electron chi connectivity index (χ4n) is 0.640. The van der Waals surface area contributed by atoms with Crippen molar-refractivity contribution in [2.45, 2.75) is 6.92 Å². The van der Waals surface area contributed by atoms with Gasteiger partial charge in [-0.25, -0.2) is 9.59 Å². The first-order valence-corrected chi connectivity index (χ1v) is 3.36. The van der Waals surface area contributed by atoms with E-state index >= 15 is 0 Å². The Hall–Kier alpha value is -1.83. The number of rotatable bonds is 2. The highest BCUT2D eigenvalue weighted by Gasteiger charge is 2.17. The van der Waals surface area contributed by atoms with E-state index in [2.05, 4.69) is 9.47 Å². The lowest BCUT2D eigenvalue weighted by atomic mass is 10.1. The Morgan fingerprint density at radius 1 is 1.15 bits per heavy atom. The summed E-state index contributed by atoms with van der Waals surface area (Å²) in [7, 11) is 2.29. The van der Waals surface area contributed by atoms with Gasteiger partial charge in [-0.1, -0.05) is 0 Å². The highest BCUT2D eigenvalue weighted by molar-refractivity contribution is 6.02. The Labute approximate surface area is 75.5 Å². The molecule has 0 fully saturated rings. The van der Waals surface area contributed by atoms with Gasteiger partial charge in [0.05, 0.1) is 19.8 Å². The molecule has 0 aromatic heterocycles. The molecule has 0 radical (unpaired) electrons. The number of nitriles is 1. The monoisotopic (exact) mass is 183 g/mol. The molecule has 5 nitrogen and oxygen atoms in total. The molecule has 0 aliphatic heterocycles. The van der Waals surface area contributed by atoms with Crippen LogP contribution in [-0.4, -0.2) is 26.2 Å². The lowest BCUT2D eigenvalue weighted by Gasteiger charge is -2.01. The zero-order valence-corrected chi connectivity index (χ0v) is 7.58. The van der Waals surface area contributed by atoms with Crippen molar-refractivity contribution in [3.8, 4) is 6.07 Å². The van der Waals surface area contributed by atoms with Gasteiger partial charge in [0.15, 0.2) is 0 Å². The first-order valence-electron chi connectivity index (χ1n) is 3.36. The van der Waals surface area contributed by atoms with Crippen molar-refractivity contribution in [3.05, 3.63) is 11.1 Å². The van der Waals surface area contributed by atoms with Crippen LogP contribution in [-0.2, 0) is 19.1 Å². The summed E-state index contributed by atoms with van der Waals surface area (Å²) in [5.74, 6) is -1.56. The summed E-state index contributed by atoms with van der Waals surface area (Å²) in [6.45, 7) is 1.32. The molecule has 0 aromatic rings. The lowest BCUT2D eigenvalue weighted by Crippen LogP contribution is -2.11. The molecule has 70 valence electrons. The molecule has 0 saturated carbocycles. The van der Waals surface area contributed by atoms with Gasteiger partial charge in [0.1, 0.15) is 11.6 Å². The van der Waals surface area contributed by atoms with E-state index in [1.54, 1.807) is 6.07 Å². The Balaban J connectivity index is 5.04. The average Bonchev–Trinajstić information content (AvgIpc) is 2.17. The number of hydrogen-bond acceptors (Lipinski definition) is 5. The van der Waals surface area contributed by atoms with Crippen molar-refractivity contribution in [1.82, 2.24) is 0 Å². The molecule has 13 heavy (non-hydrogen) atoms. The second kappa shape index (κ2) is 4.93. The number of nitrogens with zero attached hydrogens (tertiary/aromatic N) is 1. The fourth-order valence-corrected chi connectivity index (χ4v) is 0.640. The van der Waals surface area contributed by atoms with Crippen LogP contribution in [0.25, 0.3) is 0 Å². The minimum atomic E-state index is -0.842. The highest BCUT2D eigenvalue weighted by atomic mass is 16.5. The second-order valence-corrected chi connectivity index (χ2v) is 2.09. The van der Waals surface area contributed by atoms with Crippen molar-refractivity contribution in [3.63, 3.8) is 0 Å². The van der Waals surface area contributed by atoms with Gasteiger partial charge < -0.3 is 9.47 Å². The number of carbonyl (C=O) groups excluding carboxylic acids is 2. The van der Waals surface area contributed by atoms with Crippen LogP contribution in [0.5, 0.6) is 0 Å². The molecule has 0 saturated heterocycles. The standard InChI is InChI=1S/C8H9NO4/c1-5(7(10)12-2)6(4-9)8(11)13-3/h1-3H3/b6-5-. The maximum Gasteiger partial charge on any atom is 0.349 e. The number of carbonyl (C=O) groups is 2. The van der Waals surface area contributed by atoms with Crippen LogP contribution >= 0.6 is 0 Å². The Bertz CT molecular complexity index is 298. The van der Waals surface area contributed by atoms with Gasteiger partial charge in [-0.3, -0.25) is 0 Å². The first kappa shape index (κ1) is 11.2. The summed E-state index contributed by atoms with van der Waals surface area (Å²) >= 11 is 0. The van der Waals surface area contributed by atoms with Crippen molar-refractivity contribution >= 4 is 11.9 Å². The molecule has 0 unspecified atom stereocenters. The molecule has 0 rings (SSSR count). The van der Waals surface area contributed by atoms with Gasteiger partial charge in [-0.15, -0.1) is 0 Å². The van der Waals surface area contributed by atoms with Crippen LogP contribution in [0.1, 0.15) is 6.92 Å². The van der Waals surface area contributed by atoms with Crippen LogP contribution in [0, 0.1) is 11.3 Å². The van der Waals surface area contributed by atoms with E-state index in [0.717, 1.165) is 14.2 Å². The van der Waals surface area contributed by atoms with E-state index in [1.807, 2.05) is 0 Å². The summed E-state index contributed by atoms with van der Waals surface area (Å²) < 4.78 is 8.63. The first-order chi connectivity index (χ1) is 6.08. The van der Waals surface area contributed by atoms with Crippen LogP contribution in [0.15, 0.2) is 11.1 Å². The topological polar surface area (TPSA) is 76.4 Å². The van der Waals surface area contributed by atoms with E-state index < -0.39 is 11.9 Å². The quantitative estimate of drug-likeness (QED) is 0.346. The average molecular weight is 183 g/mol. The summed E-state index contributed by atoms with van der Waals surface area (Å²) in [6, 6.07) is 1.57. The van der Waals surface area contributed by atoms with Gasteiger partial charge in [0.25, 0.3) is 0 Å². The number of ether oxygens (including phenoxy) is 2. The molecule has 0 aliphatic rings. The predicted octanol–water partition coefficient (Wildman–Crippen LogP) is 0.172. The number of esters is 2. The third-order valence-corrected chi connectivity index (χ3v) is 1.37. The summed E-state index contributed by atoms with van der Waals surface area (Å²) in [5.41, 5.74) is -0.397. The Kier molecular flexibility index (Phi) is 4.24. The van der Waals surface area contributed by atoms with Crippen molar-refractivity contribution in [2.75, 3.05) is 14.2 Å². The Morgan fingerprint density at radius 2 is 1.62 bits per heavy atom. The fraction of sp³-hybridized carbons (Fsp3) is 0.375. The van der Waals surface area contributed by atoms with Crippen molar-refractivity contribution < 1.29 is 19.1 Å². The molecule has 0 N–H and O–H groups in total. The molecule has 5 heteroatoms. The normalized spacial score (nSPS) is 10.9. The van der Waals surface area contributed by atoms with Crippen molar-refractivity contribution in [2.24, 2.45) is 0 Å². The number of methoxy groups -OCH3 is 2. The lowest BCUT2D eigenvalue weighted by molar-refractivity contribution is -0.138. The van der Waals surface area contributed by atoms with Crippen LogP contribution < -0.4 is 0 Å². The van der Waals surface area contributed by atoms with Gasteiger partial charge in [-0.2, -0.15) is 5.26 Å². The highest BCUT2D eigenvalue weighted by Crippen LogP contribution is 2.06. The van der Waals surface area contributed by atoms with Gasteiger partial charge in [-0.05, 0) is 6.92 Å². The summed E-state index contributed by atoms with van der Waals surface area (Å²) in [6.07, 6.45) is 0. The maximum absolute atomic E-state index is 10.9.